The molecule has 0 aromatic heterocycles. The average molecular weight is 217 g/mol. The minimum Gasteiger partial charge on any atom is -0.0654 e. The summed E-state index contributed by atoms with van der Waals surface area (Å²) in [7, 11) is 0. The van der Waals surface area contributed by atoms with Crippen molar-refractivity contribution in [1.29, 1.82) is 0 Å². The molecule has 0 aliphatic heterocycles. The van der Waals surface area contributed by atoms with E-state index in [-0.39, 0.29) is 0 Å². The van der Waals surface area contributed by atoms with Crippen LogP contribution in [0.2, 0.25) is 0 Å². The van der Waals surface area contributed by atoms with Crippen molar-refractivity contribution in [2.75, 3.05) is 0 Å². The zero-order valence-electron chi connectivity index (χ0n) is 11.1. The van der Waals surface area contributed by atoms with Crippen LogP contribution in [0.15, 0.2) is 18.2 Å². The molecule has 1 aromatic carbocycles. The third kappa shape index (κ3) is 4.38. The lowest BCUT2D eigenvalue weighted by molar-refractivity contribution is 0.631. The Kier molecular flexibility index (Phi) is 6.22. The Hall–Kier alpha value is -0.780. The van der Waals surface area contributed by atoms with Gasteiger partial charge in [-0.15, -0.1) is 0 Å². The predicted molar refractivity (Wildman–Crippen MR) is 72.7 cm³/mol. The summed E-state index contributed by atoms with van der Waals surface area (Å²) in [6.07, 6.45) is 10.5. The smallest absolute Gasteiger partial charge is 0.00876 e. The summed E-state index contributed by atoms with van der Waals surface area (Å²) in [6.45, 7) is 6.68. The normalized spacial score (nSPS) is 10.7. The largest absolute Gasteiger partial charge is 0.0654 e. The molecule has 16 heavy (non-hydrogen) atoms. The highest BCUT2D eigenvalue weighted by molar-refractivity contribution is 5.38. The Morgan fingerprint density at radius 3 is 2.19 bits per heavy atom. The van der Waals surface area contributed by atoms with E-state index in [0.29, 0.717) is 0 Å². The molecular weight excluding hydrogens is 192 g/mol. The quantitative estimate of drug-likeness (QED) is 0.549. The van der Waals surface area contributed by atoms with E-state index in [1.807, 2.05) is 0 Å². The Bertz CT molecular complexity index is 279. The monoisotopic (exact) mass is 217 g/mol. The van der Waals surface area contributed by atoms with Gasteiger partial charge in [0.15, 0.2) is 0 Å². The molecule has 0 bridgehead atoms. The van der Waals surface area contributed by atoms with Crippen molar-refractivity contribution >= 4 is 0 Å². The van der Waals surface area contributed by atoms with Crippen LogP contribution in [0.25, 0.3) is 0 Å². The molecule has 1 aromatic rings. The number of benzene rings is 1. The average Bonchev–Trinajstić information content (AvgIpc) is 2.26. The first-order valence-corrected chi connectivity index (χ1v) is 6.65. The molecule has 0 atom stereocenters. The fraction of sp³-hybridized carbons (Fsp3) is 0.562. The zero-order valence-corrected chi connectivity index (χ0v) is 11.1. The van der Waals surface area contributed by atoms with Gasteiger partial charge in [0.1, 0.15) is 0 Å². The van der Waals surface area contributed by atoms with Crippen LogP contribution in [0.4, 0.5) is 0 Å². The van der Waals surface area contributed by atoms with E-state index < -0.39 is 0 Å². The van der Waals surface area contributed by atoms with E-state index in [4.69, 9.17) is 0 Å². The van der Waals surface area contributed by atoms with Gasteiger partial charge < -0.3 is 0 Å². The molecular formula is C16H25. The molecule has 1 radical (unpaired) electrons. The molecule has 0 spiro atoms. The molecule has 1 rings (SSSR count). The third-order valence-corrected chi connectivity index (χ3v) is 3.20. The van der Waals surface area contributed by atoms with Crippen LogP contribution in [0, 0.1) is 20.3 Å². The lowest BCUT2D eigenvalue weighted by Crippen LogP contribution is -1.91. The molecule has 0 aliphatic rings. The van der Waals surface area contributed by atoms with Crippen molar-refractivity contribution in [3.63, 3.8) is 0 Å². The Morgan fingerprint density at radius 1 is 0.938 bits per heavy atom. The molecule has 0 N–H and O–H groups in total. The molecule has 0 saturated heterocycles. The Balaban J connectivity index is 2.26. The summed E-state index contributed by atoms with van der Waals surface area (Å²) >= 11 is 0. The molecule has 0 fully saturated rings. The van der Waals surface area contributed by atoms with Gasteiger partial charge >= 0.3 is 0 Å². The van der Waals surface area contributed by atoms with E-state index in [9.17, 15) is 0 Å². The summed E-state index contributed by atoms with van der Waals surface area (Å²) in [5.74, 6) is 0. The second kappa shape index (κ2) is 7.49. The standard InChI is InChI=1S/C16H25/c1-4-5-6-7-8-9-13-16-14(2)11-10-12-15(16)3/h10-13H,4-9H2,1-3H3. The van der Waals surface area contributed by atoms with Crippen molar-refractivity contribution in [3.05, 3.63) is 41.3 Å². The molecule has 0 saturated carbocycles. The minimum atomic E-state index is 1.23. The number of aryl methyl sites for hydroxylation is 2. The van der Waals surface area contributed by atoms with Gasteiger partial charge in [-0.2, -0.15) is 0 Å². The van der Waals surface area contributed by atoms with E-state index in [2.05, 4.69) is 45.4 Å². The van der Waals surface area contributed by atoms with Gasteiger partial charge in [0, 0.05) is 0 Å². The number of unbranched alkanes of at least 4 members (excludes halogenated alkanes) is 5. The fourth-order valence-corrected chi connectivity index (χ4v) is 2.14. The first-order valence-electron chi connectivity index (χ1n) is 6.65. The summed E-state index contributed by atoms with van der Waals surface area (Å²) in [4.78, 5) is 0. The minimum absolute atomic E-state index is 1.23. The van der Waals surface area contributed by atoms with Gasteiger partial charge in [-0.25, -0.2) is 0 Å². The molecule has 0 amide bonds. The van der Waals surface area contributed by atoms with Crippen LogP contribution in [0.3, 0.4) is 0 Å². The van der Waals surface area contributed by atoms with Crippen LogP contribution in [-0.2, 0) is 0 Å². The van der Waals surface area contributed by atoms with Gasteiger partial charge in [0.2, 0.25) is 0 Å². The number of rotatable bonds is 7. The van der Waals surface area contributed by atoms with E-state index in [1.54, 1.807) is 0 Å². The van der Waals surface area contributed by atoms with Gasteiger partial charge in [-0.1, -0.05) is 57.2 Å². The lowest BCUT2D eigenvalue weighted by atomic mass is 9.97. The SMILES string of the molecule is CCCCCCC[CH]c1c(C)cccc1C. The first kappa shape index (κ1) is 13.3. The van der Waals surface area contributed by atoms with Crippen molar-refractivity contribution in [1.82, 2.24) is 0 Å². The van der Waals surface area contributed by atoms with Crippen LogP contribution in [0.5, 0.6) is 0 Å². The fourth-order valence-electron chi connectivity index (χ4n) is 2.14. The maximum atomic E-state index is 2.41. The van der Waals surface area contributed by atoms with E-state index >= 15 is 0 Å². The van der Waals surface area contributed by atoms with Gasteiger partial charge in [-0.3, -0.25) is 0 Å². The van der Waals surface area contributed by atoms with E-state index in [0.717, 1.165) is 0 Å². The topological polar surface area (TPSA) is 0 Å². The molecule has 0 aliphatic carbocycles. The van der Waals surface area contributed by atoms with Gasteiger partial charge in [0.05, 0.1) is 0 Å². The predicted octanol–water partition coefficient (Wildman–Crippen LogP) is 5.22. The van der Waals surface area contributed by atoms with Crippen LogP contribution < -0.4 is 0 Å². The Labute approximate surface area is 101 Å². The second-order valence-electron chi connectivity index (χ2n) is 4.71. The zero-order chi connectivity index (χ0) is 11.8. The molecule has 89 valence electrons. The highest BCUT2D eigenvalue weighted by Gasteiger charge is 2.01. The summed E-state index contributed by atoms with van der Waals surface area (Å²) in [5, 5.41) is 0. The number of hydrogen-bond acceptors (Lipinski definition) is 0. The summed E-state index contributed by atoms with van der Waals surface area (Å²) in [5.41, 5.74) is 4.28. The lowest BCUT2D eigenvalue weighted by Gasteiger charge is -2.08. The summed E-state index contributed by atoms with van der Waals surface area (Å²) in [6, 6.07) is 6.55. The maximum absolute atomic E-state index is 2.41. The third-order valence-electron chi connectivity index (χ3n) is 3.20. The first-order chi connectivity index (χ1) is 7.75. The van der Waals surface area contributed by atoms with Gasteiger partial charge in [0.25, 0.3) is 0 Å². The van der Waals surface area contributed by atoms with Crippen LogP contribution >= 0.6 is 0 Å². The maximum Gasteiger partial charge on any atom is -0.00876 e. The van der Waals surface area contributed by atoms with Crippen LogP contribution in [0.1, 0.15) is 62.1 Å². The van der Waals surface area contributed by atoms with Crippen molar-refractivity contribution < 1.29 is 0 Å². The molecule has 0 heterocycles. The van der Waals surface area contributed by atoms with Crippen molar-refractivity contribution in [3.8, 4) is 0 Å². The number of hydrogen-bond donors (Lipinski definition) is 0. The van der Waals surface area contributed by atoms with E-state index in [1.165, 1.54) is 55.2 Å². The summed E-state index contributed by atoms with van der Waals surface area (Å²) < 4.78 is 0. The molecule has 0 nitrogen and oxygen atoms in total. The van der Waals surface area contributed by atoms with Crippen molar-refractivity contribution in [2.24, 2.45) is 0 Å². The van der Waals surface area contributed by atoms with Crippen molar-refractivity contribution in [2.45, 2.75) is 59.3 Å². The second-order valence-corrected chi connectivity index (χ2v) is 4.71. The highest BCUT2D eigenvalue weighted by Crippen LogP contribution is 2.18. The molecule has 0 unspecified atom stereocenters. The highest BCUT2D eigenvalue weighted by atomic mass is 14.1. The molecule has 0 heteroatoms. The van der Waals surface area contributed by atoms with Gasteiger partial charge in [-0.05, 0) is 43.4 Å². The van der Waals surface area contributed by atoms with Crippen LogP contribution in [-0.4, -0.2) is 0 Å². The Morgan fingerprint density at radius 2 is 1.56 bits per heavy atom.